The van der Waals surface area contributed by atoms with Gasteiger partial charge in [0.25, 0.3) is 0 Å². The molecule has 0 radical (unpaired) electrons. The van der Waals surface area contributed by atoms with Gasteiger partial charge in [0.1, 0.15) is 0 Å². The molecule has 0 spiro atoms. The van der Waals surface area contributed by atoms with Crippen LogP contribution in [0.1, 0.15) is 6.42 Å². The Labute approximate surface area is 90.6 Å². The van der Waals surface area contributed by atoms with Gasteiger partial charge in [-0.15, -0.1) is 22.2 Å². The Kier molecular flexibility index (Phi) is 5.04. The molecule has 0 bridgehead atoms. The molecule has 1 heterocycles. The zero-order chi connectivity index (χ0) is 9.73. The van der Waals surface area contributed by atoms with Crippen LogP contribution >= 0.6 is 22.2 Å². The van der Waals surface area contributed by atoms with Crippen molar-refractivity contribution >= 4 is 28.9 Å². The molecule has 1 aliphatic heterocycles. The van der Waals surface area contributed by atoms with E-state index in [9.17, 15) is 0 Å². The van der Waals surface area contributed by atoms with Gasteiger partial charge in [0.2, 0.25) is 6.69 Å². The predicted octanol–water partition coefficient (Wildman–Crippen LogP) is 2.26. The molecule has 0 aliphatic carbocycles. The smallest absolute Gasteiger partial charge is 0.248 e. The second kappa shape index (κ2) is 5.56. The minimum atomic E-state index is -1.86. The lowest BCUT2D eigenvalue weighted by Gasteiger charge is -2.26. The second-order valence-corrected chi connectivity index (χ2v) is 11.9. The molecule has 5 heteroatoms. The monoisotopic (exact) mass is 241 g/mol. The van der Waals surface area contributed by atoms with Crippen molar-refractivity contribution in [3.8, 4) is 0 Å². The van der Waals surface area contributed by atoms with Crippen molar-refractivity contribution in [2.24, 2.45) is 0 Å². The van der Waals surface area contributed by atoms with E-state index in [0.717, 1.165) is 45.3 Å². The Balaban J connectivity index is 2.04. The lowest BCUT2D eigenvalue weighted by atomic mass is 10.3. The van der Waals surface area contributed by atoms with Gasteiger partial charge in [-0.25, -0.2) is 0 Å². The van der Waals surface area contributed by atoms with Gasteiger partial charge in [-0.1, -0.05) is 0 Å². The molecule has 0 unspecified atom stereocenters. The normalized spacial score (nSPS) is 20.5. The van der Waals surface area contributed by atoms with E-state index < -0.39 is 6.69 Å². The Morgan fingerprint density at radius 2 is 1.92 bits per heavy atom. The highest BCUT2D eigenvalue weighted by atomic mass is 35.7. The number of rotatable bonds is 4. The minimum absolute atomic E-state index is 0.871. The van der Waals surface area contributed by atoms with E-state index in [2.05, 4.69) is 4.90 Å². The first-order valence-electron chi connectivity index (χ1n) is 4.76. The van der Waals surface area contributed by atoms with Gasteiger partial charge < -0.3 is 4.74 Å². The highest BCUT2D eigenvalue weighted by Crippen LogP contribution is 2.21. The maximum Gasteiger partial charge on any atom is 0.248 e. The molecule has 78 valence electrons. The number of nitrogens with zero attached hydrogens (tertiary/aromatic N) is 1. The first-order valence-corrected chi connectivity index (χ1v) is 9.49. The first-order chi connectivity index (χ1) is 6.08. The van der Waals surface area contributed by atoms with Crippen molar-refractivity contribution in [1.82, 2.24) is 4.90 Å². The molecule has 0 N–H and O–H groups in total. The van der Waals surface area contributed by atoms with Crippen LogP contribution in [0.2, 0.25) is 12.6 Å². The van der Waals surface area contributed by atoms with Crippen LogP contribution in [0.4, 0.5) is 0 Å². The topological polar surface area (TPSA) is 12.5 Å². The Hall–Kier alpha value is 0.717. The fourth-order valence-electron chi connectivity index (χ4n) is 1.44. The molecule has 0 aromatic heterocycles. The van der Waals surface area contributed by atoms with Gasteiger partial charge in [0.15, 0.2) is 0 Å². The number of hydrogen-bond donors (Lipinski definition) is 0. The molecule has 1 fully saturated rings. The fraction of sp³-hybridized carbons (Fsp3) is 1.00. The summed E-state index contributed by atoms with van der Waals surface area (Å²) in [5.74, 6) is 0. The van der Waals surface area contributed by atoms with Crippen LogP contribution in [0.5, 0.6) is 0 Å². The van der Waals surface area contributed by atoms with E-state index in [4.69, 9.17) is 26.9 Å². The van der Waals surface area contributed by atoms with Gasteiger partial charge in [0, 0.05) is 13.1 Å². The highest BCUT2D eigenvalue weighted by molar-refractivity contribution is 7.44. The average Bonchev–Trinajstić information content (AvgIpc) is 2.04. The first kappa shape index (κ1) is 11.8. The molecule has 0 aromatic rings. The number of halogens is 2. The summed E-state index contributed by atoms with van der Waals surface area (Å²) in [6, 6.07) is 0.994. The summed E-state index contributed by atoms with van der Waals surface area (Å²) < 4.78 is 5.26. The highest BCUT2D eigenvalue weighted by Gasteiger charge is 2.20. The van der Waals surface area contributed by atoms with E-state index in [1.807, 2.05) is 6.55 Å². The molecule has 0 amide bonds. The average molecular weight is 242 g/mol. The summed E-state index contributed by atoms with van der Waals surface area (Å²) in [7, 11) is 0. The van der Waals surface area contributed by atoms with Gasteiger partial charge in [-0.3, -0.25) is 4.90 Å². The van der Waals surface area contributed by atoms with Crippen molar-refractivity contribution in [2.75, 3.05) is 32.8 Å². The second-order valence-electron chi connectivity index (χ2n) is 3.63. The Morgan fingerprint density at radius 3 is 2.46 bits per heavy atom. The van der Waals surface area contributed by atoms with E-state index in [1.54, 1.807) is 0 Å². The fourth-order valence-corrected chi connectivity index (χ4v) is 3.02. The quantitative estimate of drug-likeness (QED) is 0.554. The van der Waals surface area contributed by atoms with Gasteiger partial charge in [-0.05, 0) is 25.6 Å². The van der Waals surface area contributed by atoms with E-state index >= 15 is 0 Å². The van der Waals surface area contributed by atoms with E-state index in [-0.39, 0.29) is 0 Å². The van der Waals surface area contributed by atoms with Crippen molar-refractivity contribution in [3.05, 3.63) is 0 Å². The molecule has 2 nitrogen and oxygen atoms in total. The standard InChI is InChI=1S/C8H17Cl2NOSi/c1-13(9,10)8-2-3-11-4-6-12-7-5-11/h2-8H2,1H3. The molecular formula is C8H17Cl2NOSi. The van der Waals surface area contributed by atoms with Crippen LogP contribution in [-0.2, 0) is 4.74 Å². The van der Waals surface area contributed by atoms with Crippen molar-refractivity contribution < 1.29 is 4.74 Å². The van der Waals surface area contributed by atoms with Crippen molar-refractivity contribution in [3.63, 3.8) is 0 Å². The largest absolute Gasteiger partial charge is 0.379 e. The SMILES string of the molecule is C[Si](Cl)(Cl)CCCN1CCOCC1. The third kappa shape index (κ3) is 5.91. The van der Waals surface area contributed by atoms with Crippen LogP contribution in [0.15, 0.2) is 0 Å². The lowest BCUT2D eigenvalue weighted by Crippen LogP contribution is -2.37. The summed E-state index contributed by atoms with van der Waals surface area (Å²) in [5, 5.41) is 0. The van der Waals surface area contributed by atoms with Crippen molar-refractivity contribution in [2.45, 2.75) is 19.0 Å². The zero-order valence-corrected chi connectivity index (χ0v) is 10.6. The van der Waals surface area contributed by atoms with Gasteiger partial charge >= 0.3 is 0 Å². The maximum absolute atomic E-state index is 6.01. The molecule has 0 saturated carbocycles. The molecule has 1 aliphatic rings. The van der Waals surface area contributed by atoms with Crippen LogP contribution < -0.4 is 0 Å². The maximum atomic E-state index is 6.01. The minimum Gasteiger partial charge on any atom is -0.379 e. The number of morpholine rings is 1. The van der Waals surface area contributed by atoms with Crippen LogP contribution in [0.3, 0.4) is 0 Å². The lowest BCUT2D eigenvalue weighted by molar-refractivity contribution is 0.0380. The third-order valence-electron chi connectivity index (χ3n) is 2.19. The van der Waals surface area contributed by atoms with Crippen LogP contribution in [0, 0.1) is 0 Å². The van der Waals surface area contributed by atoms with E-state index in [0.29, 0.717) is 0 Å². The number of ether oxygens (including phenoxy) is 1. The van der Waals surface area contributed by atoms with Crippen LogP contribution in [0.25, 0.3) is 0 Å². The van der Waals surface area contributed by atoms with E-state index in [1.165, 1.54) is 0 Å². The van der Waals surface area contributed by atoms with Gasteiger partial charge in [0.05, 0.1) is 13.2 Å². The number of hydrogen-bond acceptors (Lipinski definition) is 2. The molecular weight excluding hydrogens is 225 g/mol. The summed E-state index contributed by atoms with van der Waals surface area (Å²) in [6.07, 6.45) is 1.12. The van der Waals surface area contributed by atoms with Crippen molar-refractivity contribution in [1.29, 1.82) is 0 Å². The summed E-state index contributed by atoms with van der Waals surface area (Å²) in [5.41, 5.74) is 0. The molecule has 1 saturated heterocycles. The van der Waals surface area contributed by atoms with Crippen LogP contribution in [-0.4, -0.2) is 44.4 Å². The predicted molar refractivity (Wildman–Crippen MR) is 60.0 cm³/mol. The summed E-state index contributed by atoms with van der Waals surface area (Å²) in [6.45, 7) is 5.10. The Bertz CT molecular complexity index is 146. The molecule has 1 rings (SSSR count). The summed E-state index contributed by atoms with van der Waals surface area (Å²) >= 11 is 12.0. The summed E-state index contributed by atoms with van der Waals surface area (Å²) in [4.78, 5) is 2.41. The zero-order valence-electron chi connectivity index (χ0n) is 8.06. The molecule has 13 heavy (non-hydrogen) atoms. The molecule has 0 aromatic carbocycles. The Morgan fingerprint density at radius 1 is 1.31 bits per heavy atom. The third-order valence-corrected chi connectivity index (χ3v) is 4.56. The molecule has 0 atom stereocenters. The van der Waals surface area contributed by atoms with Gasteiger partial charge in [-0.2, -0.15) is 0 Å².